The van der Waals surface area contributed by atoms with Gasteiger partial charge in [0.05, 0.1) is 16.8 Å². The Morgan fingerprint density at radius 1 is 1.50 bits per heavy atom. The zero-order valence-corrected chi connectivity index (χ0v) is 9.03. The fourth-order valence-corrected chi connectivity index (χ4v) is 2.74. The average molecular weight is 214 g/mol. The first-order chi connectivity index (χ1) is 7.82. The minimum Gasteiger partial charge on any atom is -0.313 e. The van der Waals surface area contributed by atoms with Crippen molar-refractivity contribution in [2.45, 2.75) is 24.4 Å². The van der Waals surface area contributed by atoms with Crippen molar-refractivity contribution in [3.63, 3.8) is 0 Å². The first-order valence-corrected chi connectivity index (χ1v) is 5.67. The van der Waals surface area contributed by atoms with Crippen molar-refractivity contribution < 1.29 is 0 Å². The highest BCUT2D eigenvalue weighted by Gasteiger charge is 2.43. The lowest BCUT2D eigenvalue weighted by molar-refractivity contribution is 0.293. The second kappa shape index (κ2) is 3.55. The van der Waals surface area contributed by atoms with E-state index in [1.54, 1.807) is 6.20 Å². The van der Waals surface area contributed by atoms with E-state index in [-0.39, 0.29) is 5.54 Å². The van der Waals surface area contributed by atoms with Crippen molar-refractivity contribution in [1.29, 1.82) is 5.26 Å². The highest BCUT2D eigenvalue weighted by atomic mass is 15.2. The largest absolute Gasteiger partial charge is 0.313 e. The van der Waals surface area contributed by atoms with Gasteiger partial charge >= 0.3 is 0 Å². The molecule has 0 spiro atoms. The van der Waals surface area contributed by atoms with Crippen molar-refractivity contribution >= 4 is 0 Å². The van der Waals surface area contributed by atoms with Gasteiger partial charge < -0.3 is 10.6 Å². The molecule has 2 fully saturated rings. The quantitative estimate of drug-likeness (QED) is 0.715. The Hall–Kier alpha value is -1.44. The highest BCUT2D eigenvalue weighted by Crippen LogP contribution is 2.34. The van der Waals surface area contributed by atoms with Crippen LogP contribution in [0.5, 0.6) is 0 Å². The number of fused-ring (bicyclic) bond motifs is 2. The first-order valence-electron chi connectivity index (χ1n) is 5.67. The molecule has 0 aromatic carbocycles. The number of hydrogen-bond donors (Lipinski definition) is 2. The molecule has 2 bridgehead atoms. The van der Waals surface area contributed by atoms with Crippen molar-refractivity contribution in [1.82, 2.24) is 15.6 Å². The molecule has 0 amide bonds. The van der Waals surface area contributed by atoms with E-state index in [1.165, 1.54) is 6.42 Å². The van der Waals surface area contributed by atoms with E-state index in [0.717, 1.165) is 25.2 Å². The normalized spacial score (nSPS) is 32.3. The lowest BCUT2D eigenvalue weighted by Gasteiger charge is -2.34. The second-order valence-corrected chi connectivity index (χ2v) is 4.64. The van der Waals surface area contributed by atoms with Crippen LogP contribution in [0.25, 0.3) is 0 Å². The van der Waals surface area contributed by atoms with E-state index in [0.29, 0.717) is 11.6 Å². The number of nitrogens with one attached hydrogen (secondary N) is 2. The van der Waals surface area contributed by atoms with Gasteiger partial charge in [-0.3, -0.25) is 4.98 Å². The van der Waals surface area contributed by atoms with Gasteiger partial charge in [0.1, 0.15) is 6.07 Å². The summed E-state index contributed by atoms with van der Waals surface area (Å²) in [4.78, 5) is 4.42. The Labute approximate surface area is 94.7 Å². The summed E-state index contributed by atoms with van der Waals surface area (Å²) in [5, 5.41) is 15.8. The van der Waals surface area contributed by atoms with E-state index < -0.39 is 0 Å². The van der Waals surface area contributed by atoms with Gasteiger partial charge in [0, 0.05) is 25.3 Å². The van der Waals surface area contributed by atoms with E-state index in [2.05, 4.69) is 21.7 Å². The molecule has 2 atom stereocenters. The van der Waals surface area contributed by atoms with Crippen molar-refractivity contribution in [2.75, 3.05) is 13.1 Å². The second-order valence-electron chi connectivity index (χ2n) is 4.64. The summed E-state index contributed by atoms with van der Waals surface area (Å²) in [7, 11) is 0. The van der Waals surface area contributed by atoms with Crippen LogP contribution in [0.3, 0.4) is 0 Å². The Balaban J connectivity index is 1.94. The monoisotopic (exact) mass is 214 g/mol. The topological polar surface area (TPSA) is 60.7 Å². The van der Waals surface area contributed by atoms with Gasteiger partial charge in [0.2, 0.25) is 0 Å². The third-order valence-corrected chi connectivity index (χ3v) is 3.60. The summed E-state index contributed by atoms with van der Waals surface area (Å²) in [5.41, 5.74) is 1.68. The van der Waals surface area contributed by atoms with Crippen LogP contribution < -0.4 is 10.6 Å². The molecule has 16 heavy (non-hydrogen) atoms. The van der Waals surface area contributed by atoms with Crippen LogP contribution in [0.4, 0.5) is 0 Å². The number of aromatic nitrogens is 1. The van der Waals surface area contributed by atoms with Crippen LogP contribution in [0.1, 0.15) is 24.1 Å². The van der Waals surface area contributed by atoms with Gasteiger partial charge in [-0.1, -0.05) is 0 Å². The number of rotatable bonds is 1. The maximum atomic E-state index is 8.75. The van der Waals surface area contributed by atoms with Crippen molar-refractivity contribution in [3.8, 4) is 6.07 Å². The molecule has 2 aliphatic heterocycles. The molecule has 2 saturated heterocycles. The number of pyridine rings is 1. The van der Waals surface area contributed by atoms with Gasteiger partial charge in [-0.25, -0.2) is 0 Å². The number of hydrogen-bond acceptors (Lipinski definition) is 4. The third-order valence-electron chi connectivity index (χ3n) is 3.60. The highest BCUT2D eigenvalue weighted by molar-refractivity contribution is 5.30. The molecule has 4 heteroatoms. The van der Waals surface area contributed by atoms with Gasteiger partial charge in [-0.15, -0.1) is 0 Å². The van der Waals surface area contributed by atoms with E-state index in [9.17, 15) is 0 Å². The zero-order valence-electron chi connectivity index (χ0n) is 9.03. The van der Waals surface area contributed by atoms with Crippen LogP contribution >= 0.6 is 0 Å². The summed E-state index contributed by atoms with van der Waals surface area (Å²) in [6, 6.07) is 6.50. The van der Waals surface area contributed by atoms with Crippen LogP contribution in [0, 0.1) is 11.3 Å². The predicted octanol–water partition coefficient (Wildman–Crippen LogP) is 0.504. The van der Waals surface area contributed by atoms with Crippen LogP contribution in [0.15, 0.2) is 18.3 Å². The summed E-state index contributed by atoms with van der Waals surface area (Å²) in [6.07, 6.45) is 3.99. The Morgan fingerprint density at radius 2 is 2.44 bits per heavy atom. The standard InChI is InChI=1S/C12H14N4/c13-5-9-1-2-11(15-6-9)12-4-3-10(16-12)7-14-8-12/h1-2,6,10,14,16H,3-4,7-8H2. The first kappa shape index (κ1) is 9.76. The van der Waals surface area contributed by atoms with Crippen molar-refractivity contribution in [2.24, 2.45) is 0 Å². The fourth-order valence-electron chi connectivity index (χ4n) is 2.74. The SMILES string of the molecule is N#Cc1ccc(C23CCC(CNC2)N3)nc1. The minimum absolute atomic E-state index is 0.00307. The number of nitriles is 1. The molecule has 0 saturated carbocycles. The molecule has 2 unspecified atom stereocenters. The molecule has 4 nitrogen and oxygen atoms in total. The lowest BCUT2D eigenvalue weighted by atomic mass is 9.92. The van der Waals surface area contributed by atoms with Gasteiger partial charge in [0.15, 0.2) is 0 Å². The molecule has 1 aromatic rings. The molecule has 1 aromatic heterocycles. The zero-order chi connectivity index (χ0) is 11.0. The van der Waals surface area contributed by atoms with E-state index in [1.807, 2.05) is 12.1 Å². The molecule has 0 radical (unpaired) electrons. The summed E-state index contributed by atoms with van der Waals surface area (Å²) in [5.74, 6) is 0. The molecule has 0 aliphatic carbocycles. The molecule has 2 aliphatic rings. The van der Waals surface area contributed by atoms with Gasteiger partial charge in [-0.05, 0) is 25.0 Å². The molecular weight excluding hydrogens is 200 g/mol. The fraction of sp³-hybridized carbons (Fsp3) is 0.500. The molecule has 3 rings (SSSR count). The van der Waals surface area contributed by atoms with E-state index >= 15 is 0 Å². The lowest BCUT2D eigenvalue weighted by Crippen LogP contribution is -2.56. The molecule has 3 heterocycles. The molecule has 82 valence electrons. The summed E-state index contributed by atoms with van der Waals surface area (Å²) < 4.78 is 0. The van der Waals surface area contributed by atoms with Crippen LogP contribution in [-0.4, -0.2) is 24.1 Å². The average Bonchev–Trinajstić information content (AvgIpc) is 2.66. The Bertz CT molecular complexity index is 429. The van der Waals surface area contributed by atoms with Crippen LogP contribution in [-0.2, 0) is 5.54 Å². The number of piperazine rings is 1. The smallest absolute Gasteiger partial charge is 0.101 e. The Morgan fingerprint density at radius 3 is 3.19 bits per heavy atom. The summed E-state index contributed by atoms with van der Waals surface area (Å²) >= 11 is 0. The maximum absolute atomic E-state index is 8.75. The van der Waals surface area contributed by atoms with E-state index in [4.69, 9.17) is 5.26 Å². The molecular formula is C12H14N4. The minimum atomic E-state index is -0.00307. The van der Waals surface area contributed by atoms with Crippen molar-refractivity contribution in [3.05, 3.63) is 29.6 Å². The van der Waals surface area contributed by atoms with Gasteiger partial charge in [0.25, 0.3) is 0 Å². The molecule has 2 N–H and O–H groups in total. The third kappa shape index (κ3) is 1.41. The Kier molecular flexibility index (Phi) is 2.16. The maximum Gasteiger partial charge on any atom is 0.101 e. The van der Waals surface area contributed by atoms with Crippen LogP contribution in [0.2, 0.25) is 0 Å². The van der Waals surface area contributed by atoms with Gasteiger partial charge in [-0.2, -0.15) is 5.26 Å². The number of nitrogens with zero attached hydrogens (tertiary/aromatic N) is 2. The summed E-state index contributed by atoms with van der Waals surface area (Å²) in [6.45, 7) is 1.99. The predicted molar refractivity (Wildman–Crippen MR) is 59.7 cm³/mol.